The number of benzene rings is 1. The zero-order chi connectivity index (χ0) is 14.7. The highest BCUT2D eigenvalue weighted by atomic mass is 16.5. The van der Waals surface area contributed by atoms with Crippen LogP contribution in [0.3, 0.4) is 0 Å². The van der Waals surface area contributed by atoms with Gasteiger partial charge in [-0.15, -0.1) is 0 Å². The fraction of sp³-hybridized carbons (Fsp3) is 0.500. The summed E-state index contributed by atoms with van der Waals surface area (Å²) in [7, 11) is 0. The van der Waals surface area contributed by atoms with Gasteiger partial charge in [-0.1, -0.05) is 36.3 Å². The van der Waals surface area contributed by atoms with Gasteiger partial charge in [-0.25, -0.2) is 0 Å². The van der Waals surface area contributed by atoms with Crippen LogP contribution in [0.5, 0.6) is 0 Å². The number of fused-ring (bicyclic) bond motifs is 1. The maximum atomic E-state index is 5.53. The molecule has 2 aromatic rings. The van der Waals surface area contributed by atoms with E-state index in [-0.39, 0.29) is 0 Å². The lowest BCUT2D eigenvalue weighted by atomic mass is 10.1. The first-order chi connectivity index (χ1) is 10.3. The van der Waals surface area contributed by atoms with Crippen molar-refractivity contribution >= 4 is 0 Å². The van der Waals surface area contributed by atoms with Gasteiger partial charge in [0.15, 0.2) is 5.82 Å². The molecule has 1 aromatic carbocycles. The van der Waals surface area contributed by atoms with Crippen LogP contribution in [0, 0.1) is 0 Å². The number of aromatic nitrogens is 2. The van der Waals surface area contributed by atoms with Gasteiger partial charge in [-0.2, -0.15) is 4.98 Å². The van der Waals surface area contributed by atoms with E-state index < -0.39 is 0 Å². The minimum Gasteiger partial charge on any atom is -0.338 e. The van der Waals surface area contributed by atoms with Crippen LogP contribution >= 0.6 is 0 Å². The van der Waals surface area contributed by atoms with Gasteiger partial charge in [0.25, 0.3) is 0 Å². The fourth-order valence-electron chi connectivity index (χ4n) is 3.17. The molecule has 1 unspecified atom stereocenters. The maximum absolute atomic E-state index is 5.53. The summed E-state index contributed by atoms with van der Waals surface area (Å²) < 4.78 is 5.11. The number of nitrogens with two attached hydrogens (primary N) is 1. The molecule has 0 aliphatic heterocycles. The first-order valence-electron chi connectivity index (χ1n) is 7.65. The molecule has 0 spiro atoms. The third-order valence-electron chi connectivity index (χ3n) is 4.08. The Morgan fingerprint density at radius 1 is 1.38 bits per heavy atom. The first kappa shape index (κ1) is 14.2. The summed E-state index contributed by atoms with van der Waals surface area (Å²) >= 11 is 0. The smallest absolute Gasteiger partial charge is 0.240 e. The highest BCUT2D eigenvalue weighted by Crippen LogP contribution is 2.36. The quantitative estimate of drug-likeness (QED) is 0.883. The fourth-order valence-corrected chi connectivity index (χ4v) is 3.17. The van der Waals surface area contributed by atoms with Crippen molar-refractivity contribution in [2.75, 3.05) is 6.54 Å². The lowest BCUT2D eigenvalue weighted by molar-refractivity contribution is 0.181. The first-order valence-corrected chi connectivity index (χ1v) is 7.65. The van der Waals surface area contributed by atoms with Crippen LogP contribution < -0.4 is 5.73 Å². The van der Waals surface area contributed by atoms with Crippen molar-refractivity contribution in [2.24, 2.45) is 5.73 Å². The highest BCUT2D eigenvalue weighted by Gasteiger charge is 2.28. The van der Waals surface area contributed by atoms with Crippen LogP contribution in [0.25, 0.3) is 0 Å². The minimum atomic E-state index is 0.299. The molecule has 21 heavy (non-hydrogen) atoms. The van der Waals surface area contributed by atoms with Crippen LogP contribution in [-0.2, 0) is 19.5 Å². The Balaban J connectivity index is 1.79. The second kappa shape index (κ2) is 6.37. The van der Waals surface area contributed by atoms with Gasteiger partial charge in [0.05, 0.1) is 13.1 Å². The molecule has 5 heteroatoms. The molecule has 1 atom stereocenters. The van der Waals surface area contributed by atoms with E-state index in [4.69, 9.17) is 10.3 Å². The van der Waals surface area contributed by atoms with Gasteiger partial charge in [-0.3, -0.25) is 4.90 Å². The van der Waals surface area contributed by atoms with Crippen LogP contribution in [0.4, 0.5) is 0 Å². The van der Waals surface area contributed by atoms with Crippen LogP contribution in [0.15, 0.2) is 28.8 Å². The number of aryl methyl sites for hydroxylation is 1. The third kappa shape index (κ3) is 2.99. The van der Waals surface area contributed by atoms with Crippen LogP contribution in [0.1, 0.15) is 48.6 Å². The molecule has 1 heterocycles. The summed E-state index contributed by atoms with van der Waals surface area (Å²) in [6.07, 6.45) is 3.43. The van der Waals surface area contributed by atoms with E-state index in [1.807, 2.05) is 0 Å². The molecular formula is C16H22N4O. The van der Waals surface area contributed by atoms with E-state index in [1.54, 1.807) is 0 Å². The van der Waals surface area contributed by atoms with Crippen molar-refractivity contribution in [3.05, 3.63) is 47.1 Å². The van der Waals surface area contributed by atoms with E-state index in [1.165, 1.54) is 17.5 Å². The van der Waals surface area contributed by atoms with Crippen molar-refractivity contribution in [1.82, 2.24) is 15.0 Å². The van der Waals surface area contributed by atoms with E-state index in [9.17, 15) is 0 Å². The number of nitrogens with zero attached hydrogens (tertiary/aromatic N) is 3. The molecule has 0 saturated heterocycles. The summed E-state index contributed by atoms with van der Waals surface area (Å²) in [5, 5.41) is 4.03. The molecule has 112 valence electrons. The summed E-state index contributed by atoms with van der Waals surface area (Å²) in [6, 6.07) is 9.19. The van der Waals surface area contributed by atoms with Crippen molar-refractivity contribution < 1.29 is 4.52 Å². The summed E-state index contributed by atoms with van der Waals surface area (Å²) in [5.41, 5.74) is 8.45. The lowest BCUT2D eigenvalue weighted by Gasteiger charge is -2.28. The Hall–Kier alpha value is -1.72. The molecular weight excluding hydrogens is 264 g/mol. The van der Waals surface area contributed by atoms with Gasteiger partial charge in [0.1, 0.15) is 0 Å². The molecule has 0 fully saturated rings. The van der Waals surface area contributed by atoms with Crippen molar-refractivity contribution in [1.29, 1.82) is 0 Å². The Morgan fingerprint density at radius 2 is 2.24 bits per heavy atom. The average molecular weight is 286 g/mol. The third-order valence-corrected chi connectivity index (χ3v) is 4.08. The Labute approximate surface area is 125 Å². The molecule has 0 bridgehead atoms. The van der Waals surface area contributed by atoms with Crippen LogP contribution in [-0.4, -0.2) is 21.6 Å². The molecule has 1 aliphatic rings. The zero-order valence-corrected chi connectivity index (χ0v) is 12.5. The SMILES string of the molecule is CCCN(Cc1noc(CN)n1)C1CCc2ccccc21. The Morgan fingerprint density at radius 3 is 3.00 bits per heavy atom. The Kier molecular flexibility index (Phi) is 4.31. The topological polar surface area (TPSA) is 68.2 Å². The molecule has 3 rings (SSSR count). The average Bonchev–Trinajstić information content (AvgIpc) is 3.13. The van der Waals surface area contributed by atoms with E-state index >= 15 is 0 Å². The second-order valence-corrected chi connectivity index (χ2v) is 5.53. The van der Waals surface area contributed by atoms with E-state index in [2.05, 4.69) is 46.2 Å². The summed E-state index contributed by atoms with van der Waals surface area (Å²) in [6.45, 7) is 4.25. The van der Waals surface area contributed by atoms with Gasteiger partial charge in [-0.05, 0) is 36.9 Å². The lowest BCUT2D eigenvalue weighted by Crippen LogP contribution is -2.28. The second-order valence-electron chi connectivity index (χ2n) is 5.53. The van der Waals surface area contributed by atoms with Gasteiger partial charge in [0, 0.05) is 6.04 Å². The normalized spacial score (nSPS) is 17.4. The van der Waals surface area contributed by atoms with Gasteiger partial charge >= 0.3 is 0 Å². The minimum absolute atomic E-state index is 0.299. The number of hydrogen-bond donors (Lipinski definition) is 1. The van der Waals surface area contributed by atoms with E-state index in [0.717, 1.165) is 31.8 Å². The number of hydrogen-bond acceptors (Lipinski definition) is 5. The molecule has 2 N–H and O–H groups in total. The zero-order valence-electron chi connectivity index (χ0n) is 12.5. The summed E-state index contributed by atoms with van der Waals surface area (Å²) in [5.74, 6) is 1.24. The predicted octanol–water partition coefficient (Wildman–Crippen LogP) is 2.43. The van der Waals surface area contributed by atoms with Crippen molar-refractivity contribution in [3.63, 3.8) is 0 Å². The predicted molar refractivity (Wildman–Crippen MR) is 80.4 cm³/mol. The maximum Gasteiger partial charge on any atom is 0.240 e. The molecule has 0 saturated carbocycles. The highest BCUT2D eigenvalue weighted by molar-refractivity contribution is 5.34. The van der Waals surface area contributed by atoms with E-state index in [0.29, 0.717) is 18.5 Å². The summed E-state index contributed by atoms with van der Waals surface area (Å²) in [4.78, 5) is 6.79. The van der Waals surface area contributed by atoms with Gasteiger partial charge in [0.2, 0.25) is 5.89 Å². The molecule has 1 aromatic heterocycles. The standard InChI is InChI=1S/C16H22N4O/c1-2-9-20(11-15-18-16(10-17)21-19-15)14-8-7-12-5-3-4-6-13(12)14/h3-6,14H,2,7-11,17H2,1H3. The molecule has 1 aliphatic carbocycles. The number of rotatable bonds is 6. The monoisotopic (exact) mass is 286 g/mol. The molecule has 0 radical (unpaired) electrons. The largest absolute Gasteiger partial charge is 0.338 e. The molecule has 0 amide bonds. The Bertz CT molecular complexity index is 595. The molecule has 5 nitrogen and oxygen atoms in total. The van der Waals surface area contributed by atoms with Gasteiger partial charge < -0.3 is 10.3 Å². The van der Waals surface area contributed by atoms with Crippen LogP contribution in [0.2, 0.25) is 0 Å². The van der Waals surface area contributed by atoms with Crippen molar-refractivity contribution in [3.8, 4) is 0 Å². The van der Waals surface area contributed by atoms with Crippen molar-refractivity contribution in [2.45, 2.75) is 45.3 Å².